The first kappa shape index (κ1) is 21.7. The van der Waals surface area contributed by atoms with Crippen LogP contribution in [0.25, 0.3) is 10.9 Å². The fourth-order valence-corrected chi connectivity index (χ4v) is 3.78. The van der Waals surface area contributed by atoms with Gasteiger partial charge in [0.15, 0.2) is 0 Å². The second kappa shape index (κ2) is 10.2. The van der Waals surface area contributed by atoms with Crippen molar-refractivity contribution in [3.63, 3.8) is 0 Å². The molecule has 0 N–H and O–H groups in total. The Labute approximate surface area is 194 Å². The van der Waals surface area contributed by atoms with Crippen LogP contribution in [0, 0.1) is 17.9 Å². The van der Waals surface area contributed by atoms with Gasteiger partial charge in [0.05, 0.1) is 18.7 Å². The van der Waals surface area contributed by atoms with Gasteiger partial charge in [-0.3, -0.25) is 0 Å². The normalized spacial score (nSPS) is 16.8. The number of allylic oxidation sites excluding steroid dienone is 3. The van der Waals surface area contributed by atoms with Crippen LogP contribution in [0.1, 0.15) is 18.9 Å². The predicted molar refractivity (Wildman–Crippen MR) is 133 cm³/mol. The molecule has 1 unspecified atom stereocenters. The number of anilines is 3. The van der Waals surface area contributed by atoms with E-state index in [1.807, 2.05) is 61.5 Å². The van der Waals surface area contributed by atoms with Gasteiger partial charge in [-0.1, -0.05) is 54.6 Å². The molecule has 33 heavy (non-hydrogen) atoms. The van der Waals surface area contributed by atoms with Crippen LogP contribution in [0.3, 0.4) is 0 Å². The van der Waals surface area contributed by atoms with Crippen LogP contribution in [-0.2, 0) is 4.74 Å². The van der Waals surface area contributed by atoms with E-state index in [4.69, 9.17) is 11.3 Å². The summed E-state index contributed by atoms with van der Waals surface area (Å²) in [6.45, 7) is 9.14. The molecule has 1 heterocycles. The summed E-state index contributed by atoms with van der Waals surface area (Å²) >= 11 is 0. The smallest absolute Gasteiger partial charge is 0.265 e. The van der Waals surface area contributed by atoms with Crippen molar-refractivity contribution in [1.82, 2.24) is 0 Å². The molecule has 0 fully saturated rings. The summed E-state index contributed by atoms with van der Waals surface area (Å²) in [6.07, 6.45) is 6.13. The molecule has 3 aromatic carbocycles. The van der Waals surface area contributed by atoms with Crippen molar-refractivity contribution in [3.8, 4) is 6.07 Å². The Morgan fingerprint density at radius 2 is 1.52 bits per heavy atom. The summed E-state index contributed by atoms with van der Waals surface area (Å²) in [5, 5.41) is 9.18. The molecule has 0 saturated carbocycles. The Hall–Kier alpha value is -4.54. The van der Waals surface area contributed by atoms with E-state index in [-0.39, 0.29) is 11.8 Å². The van der Waals surface area contributed by atoms with Gasteiger partial charge in [-0.2, -0.15) is 0 Å². The lowest BCUT2D eigenvalue weighted by molar-refractivity contribution is 0.133. The number of hydrogen-bond acceptors (Lipinski definition) is 3. The van der Waals surface area contributed by atoms with Crippen LogP contribution in [0.2, 0.25) is 0 Å². The summed E-state index contributed by atoms with van der Waals surface area (Å²) in [7, 11) is 0. The molecule has 0 amide bonds. The van der Waals surface area contributed by atoms with Gasteiger partial charge >= 0.3 is 0 Å². The maximum absolute atomic E-state index is 9.18. The molecule has 1 aliphatic heterocycles. The Balaban J connectivity index is 1.60. The third-order valence-corrected chi connectivity index (χ3v) is 5.30. The van der Waals surface area contributed by atoms with Gasteiger partial charge in [0, 0.05) is 23.5 Å². The fraction of sp³-hybridized carbons (Fsp3) is 0.103. The highest BCUT2D eigenvalue weighted by molar-refractivity contribution is 5.77. The average molecular weight is 430 g/mol. The zero-order valence-electron chi connectivity index (χ0n) is 18.3. The minimum Gasteiger partial charge on any atom is -0.490 e. The molecule has 4 heteroatoms. The molecule has 4 nitrogen and oxygen atoms in total. The third-order valence-electron chi connectivity index (χ3n) is 5.30. The molecule has 0 bridgehead atoms. The average Bonchev–Trinajstić information content (AvgIpc) is 2.86. The van der Waals surface area contributed by atoms with Crippen LogP contribution in [0.15, 0.2) is 114 Å². The molecule has 160 valence electrons. The van der Waals surface area contributed by atoms with Gasteiger partial charge in [0.2, 0.25) is 0 Å². The number of rotatable bonds is 5. The summed E-state index contributed by atoms with van der Waals surface area (Å²) < 4.78 is 5.87. The predicted octanol–water partition coefficient (Wildman–Crippen LogP) is 7.56. The fourth-order valence-electron chi connectivity index (χ4n) is 3.78. The molecule has 3 aromatic rings. The van der Waals surface area contributed by atoms with Gasteiger partial charge < -0.3 is 9.64 Å². The van der Waals surface area contributed by atoms with E-state index >= 15 is 0 Å². The molecule has 1 atom stereocenters. The van der Waals surface area contributed by atoms with Gasteiger partial charge in [0.25, 0.3) is 5.70 Å². The Bertz CT molecular complexity index is 1220. The number of benzene rings is 3. The van der Waals surface area contributed by atoms with Crippen molar-refractivity contribution in [2.75, 3.05) is 4.90 Å². The van der Waals surface area contributed by atoms with Crippen LogP contribution < -0.4 is 4.90 Å². The number of ether oxygens (including phenoxy) is 1. The molecular formula is C29H23N3O. The standard InChI is InChI=1S/C29H23N3O/c1-22-19-24(29(21-30)31-2)20-28(33-22)18-15-23-13-16-27(17-14-23)32(25-9-5-3-6-10-25)26-11-7-4-8-12-26/h3-18,20,22H,19H2,1H3/b18-15+,29-24-. The van der Waals surface area contributed by atoms with Crippen molar-refractivity contribution in [2.24, 2.45) is 0 Å². The lowest BCUT2D eigenvalue weighted by Crippen LogP contribution is -2.13. The van der Waals surface area contributed by atoms with Gasteiger partial charge in [0.1, 0.15) is 5.76 Å². The van der Waals surface area contributed by atoms with E-state index in [0.29, 0.717) is 12.2 Å². The van der Waals surface area contributed by atoms with Crippen LogP contribution in [0.4, 0.5) is 17.1 Å². The second-order valence-electron chi connectivity index (χ2n) is 7.71. The molecule has 0 saturated heterocycles. The molecule has 0 radical (unpaired) electrons. The zero-order chi connectivity index (χ0) is 23.0. The first-order valence-electron chi connectivity index (χ1n) is 10.8. The number of hydrogen-bond donors (Lipinski definition) is 0. The minimum atomic E-state index is -0.0811. The highest BCUT2D eigenvalue weighted by Crippen LogP contribution is 2.34. The van der Waals surface area contributed by atoms with Crippen LogP contribution >= 0.6 is 0 Å². The van der Waals surface area contributed by atoms with E-state index in [1.54, 1.807) is 6.08 Å². The third kappa shape index (κ3) is 5.21. The summed E-state index contributed by atoms with van der Waals surface area (Å²) in [4.78, 5) is 5.55. The van der Waals surface area contributed by atoms with E-state index < -0.39 is 0 Å². The topological polar surface area (TPSA) is 40.6 Å². The lowest BCUT2D eigenvalue weighted by atomic mass is 10.0. The Kier molecular flexibility index (Phi) is 6.69. The van der Waals surface area contributed by atoms with E-state index in [9.17, 15) is 5.26 Å². The number of nitrogens with zero attached hydrogens (tertiary/aromatic N) is 3. The van der Waals surface area contributed by atoms with Gasteiger partial charge in [-0.25, -0.2) is 10.1 Å². The summed E-state index contributed by atoms with van der Waals surface area (Å²) in [5.74, 6) is 0.652. The molecule has 4 rings (SSSR count). The Morgan fingerprint density at radius 3 is 2.06 bits per heavy atom. The maximum Gasteiger partial charge on any atom is 0.265 e. The molecule has 0 aliphatic carbocycles. The lowest BCUT2D eigenvalue weighted by Gasteiger charge is -2.25. The maximum atomic E-state index is 9.18. The largest absolute Gasteiger partial charge is 0.490 e. The first-order chi connectivity index (χ1) is 16.2. The Morgan fingerprint density at radius 1 is 0.939 bits per heavy atom. The van der Waals surface area contributed by atoms with Crippen molar-refractivity contribution in [1.29, 1.82) is 5.26 Å². The van der Waals surface area contributed by atoms with Gasteiger partial charge in [-0.05, 0) is 66.6 Å². The van der Waals surface area contributed by atoms with Crippen LogP contribution in [-0.4, -0.2) is 6.10 Å². The quantitative estimate of drug-likeness (QED) is 0.310. The van der Waals surface area contributed by atoms with Crippen molar-refractivity contribution in [3.05, 3.63) is 131 Å². The molecule has 1 aliphatic rings. The monoisotopic (exact) mass is 429 g/mol. The number of para-hydroxylation sites is 2. The van der Waals surface area contributed by atoms with Crippen molar-refractivity contribution < 1.29 is 4.74 Å². The van der Waals surface area contributed by atoms with Gasteiger partial charge in [-0.15, -0.1) is 0 Å². The SMILES string of the molecule is [C-]#[N+]/C(C#N)=C1C=C(/C=C/c2ccc(N(c3ccccc3)c3ccccc3)cc2)OC(C)C\1. The highest BCUT2D eigenvalue weighted by Gasteiger charge is 2.17. The first-order valence-corrected chi connectivity index (χ1v) is 10.8. The summed E-state index contributed by atoms with van der Waals surface area (Å²) in [6, 6.07) is 30.9. The molecular weight excluding hydrogens is 406 g/mol. The second-order valence-corrected chi connectivity index (χ2v) is 7.71. The van der Waals surface area contributed by atoms with Crippen molar-refractivity contribution in [2.45, 2.75) is 19.4 Å². The summed E-state index contributed by atoms with van der Waals surface area (Å²) in [5.41, 5.74) is 5.12. The van der Waals surface area contributed by atoms with E-state index in [2.05, 4.69) is 58.3 Å². The van der Waals surface area contributed by atoms with E-state index in [0.717, 1.165) is 28.2 Å². The van der Waals surface area contributed by atoms with Crippen molar-refractivity contribution >= 4 is 23.1 Å². The highest BCUT2D eigenvalue weighted by atomic mass is 16.5. The minimum absolute atomic E-state index is 0.0811. The number of nitriles is 1. The molecule has 0 aromatic heterocycles. The van der Waals surface area contributed by atoms with Crippen LogP contribution in [0.5, 0.6) is 0 Å². The molecule has 0 spiro atoms. The van der Waals surface area contributed by atoms with E-state index in [1.165, 1.54) is 0 Å². The zero-order valence-corrected chi connectivity index (χ0v) is 18.3.